The van der Waals surface area contributed by atoms with Crippen molar-refractivity contribution in [3.63, 3.8) is 0 Å². The molecule has 0 spiro atoms. The van der Waals surface area contributed by atoms with Gasteiger partial charge < -0.3 is 5.32 Å². The average molecular weight is 211 g/mol. The Morgan fingerprint density at radius 3 is 3.14 bits per heavy atom. The molecule has 0 aromatic heterocycles. The number of halogens is 1. The first-order chi connectivity index (χ1) is 6.72. The summed E-state index contributed by atoms with van der Waals surface area (Å²) in [6.07, 6.45) is 7.25. The summed E-state index contributed by atoms with van der Waals surface area (Å²) in [6.45, 7) is 1.91. The van der Waals surface area contributed by atoms with Gasteiger partial charge in [0.2, 0.25) is 0 Å². The van der Waals surface area contributed by atoms with Crippen LogP contribution in [0.25, 0.3) is 0 Å². The Morgan fingerprint density at radius 1 is 1.64 bits per heavy atom. The third-order valence-corrected chi connectivity index (χ3v) is 2.59. The molecule has 0 aromatic rings. The van der Waals surface area contributed by atoms with E-state index >= 15 is 0 Å². The quantitative estimate of drug-likeness (QED) is 0.663. The van der Waals surface area contributed by atoms with Crippen LogP contribution >= 0.6 is 11.6 Å². The molecular weight excluding hydrogens is 200 g/mol. The largest absolute Gasteiger partial charge is 0.364 e. The monoisotopic (exact) mass is 210 g/mol. The molecule has 0 saturated carbocycles. The van der Waals surface area contributed by atoms with E-state index in [-0.39, 0.29) is 12.1 Å². The number of hydrogen-bond donors (Lipinski definition) is 1. The number of hydrogen-bond acceptors (Lipinski definition) is 2. The van der Waals surface area contributed by atoms with E-state index in [0.717, 1.165) is 11.4 Å². The molecule has 2 aliphatic rings. The number of rotatable bonds is 1. The molecule has 4 heteroatoms. The van der Waals surface area contributed by atoms with Crippen LogP contribution in [0.3, 0.4) is 0 Å². The standard InChI is InChI=1S/C10H11ClN2O/c1-7-3-2-4-9-12-8(6-11)5-10(14)13(7)9/h2-5,9,12H,6H2,1H3. The van der Waals surface area contributed by atoms with Crippen molar-refractivity contribution in [2.75, 3.05) is 5.88 Å². The van der Waals surface area contributed by atoms with Gasteiger partial charge in [0.25, 0.3) is 5.91 Å². The van der Waals surface area contributed by atoms with Crippen molar-refractivity contribution in [2.24, 2.45) is 0 Å². The number of allylic oxidation sites excluding steroid dienone is 4. The summed E-state index contributed by atoms with van der Waals surface area (Å²) < 4.78 is 0. The average Bonchev–Trinajstić information content (AvgIpc) is 2.17. The molecular formula is C10H11ClN2O. The highest BCUT2D eigenvalue weighted by molar-refractivity contribution is 6.19. The lowest BCUT2D eigenvalue weighted by molar-refractivity contribution is -0.126. The smallest absolute Gasteiger partial charge is 0.254 e. The third kappa shape index (κ3) is 1.44. The topological polar surface area (TPSA) is 32.3 Å². The molecule has 1 N–H and O–H groups in total. The summed E-state index contributed by atoms with van der Waals surface area (Å²) in [6, 6.07) is 0. The number of amides is 1. The highest BCUT2D eigenvalue weighted by atomic mass is 35.5. The van der Waals surface area contributed by atoms with E-state index in [4.69, 9.17) is 11.6 Å². The van der Waals surface area contributed by atoms with Crippen LogP contribution in [0.5, 0.6) is 0 Å². The molecule has 0 bridgehead atoms. The normalized spacial score (nSPS) is 25.1. The van der Waals surface area contributed by atoms with Crippen LogP contribution in [0.4, 0.5) is 0 Å². The van der Waals surface area contributed by atoms with Gasteiger partial charge in [-0.25, -0.2) is 0 Å². The van der Waals surface area contributed by atoms with Gasteiger partial charge in [-0.2, -0.15) is 0 Å². The van der Waals surface area contributed by atoms with E-state index < -0.39 is 0 Å². The number of nitrogens with zero attached hydrogens (tertiary/aromatic N) is 1. The number of carbonyl (C=O) groups excluding carboxylic acids is 1. The minimum atomic E-state index is -0.0775. The first-order valence-corrected chi connectivity index (χ1v) is 4.97. The molecule has 0 aliphatic carbocycles. The van der Waals surface area contributed by atoms with E-state index in [1.165, 1.54) is 0 Å². The van der Waals surface area contributed by atoms with E-state index in [1.807, 2.05) is 25.2 Å². The molecule has 2 aliphatic heterocycles. The number of fused-ring (bicyclic) bond motifs is 1. The molecule has 1 unspecified atom stereocenters. The Hall–Kier alpha value is -1.22. The maximum atomic E-state index is 11.7. The fourth-order valence-electron chi connectivity index (χ4n) is 1.64. The van der Waals surface area contributed by atoms with Crippen molar-refractivity contribution in [2.45, 2.75) is 13.1 Å². The molecule has 74 valence electrons. The molecule has 1 amide bonds. The summed E-state index contributed by atoms with van der Waals surface area (Å²) in [5.74, 6) is 0.328. The first kappa shape index (κ1) is 9.34. The molecule has 0 fully saturated rings. The van der Waals surface area contributed by atoms with Crippen molar-refractivity contribution in [1.82, 2.24) is 10.2 Å². The fraction of sp³-hybridized carbons (Fsp3) is 0.300. The van der Waals surface area contributed by atoms with Gasteiger partial charge in [0, 0.05) is 17.5 Å². The molecule has 0 saturated heterocycles. The molecule has 14 heavy (non-hydrogen) atoms. The Labute approximate surface area is 87.7 Å². The van der Waals surface area contributed by atoms with E-state index in [0.29, 0.717) is 5.88 Å². The molecule has 3 nitrogen and oxygen atoms in total. The molecule has 2 rings (SSSR count). The van der Waals surface area contributed by atoms with Gasteiger partial charge in [-0.15, -0.1) is 11.6 Å². The van der Waals surface area contributed by atoms with Gasteiger partial charge in [-0.3, -0.25) is 9.69 Å². The second-order valence-corrected chi connectivity index (χ2v) is 3.56. The summed E-state index contributed by atoms with van der Waals surface area (Å²) >= 11 is 5.67. The maximum Gasteiger partial charge on any atom is 0.254 e. The predicted octanol–water partition coefficient (Wildman–Crippen LogP) is 1.34. The fourth-order valence-corrected chi connectivity index (χ4v) is 1.79. The Kier molecular flexibility index (Phi) is 2.33. The van der Waals surface area contributed by atoms with Gasteiger partial charge in [-0.1, -0.05) is 6.08 Å². The lowest BCUT2D eigenvalue weighted by Gasteiger charge is -2.36. The highest BCUT2D eigenvalue weighted by Crippen LogP contribution is 2.19. The van der Waals surface area contributed by atoms with Crippen LogP contribution in [-0.4, -0.2) is 22.9 Å². The Morgan fingerprint density at radius 2 is 2.43 bits per heavy atom. The first-order valence-electron chi connectivity index (χ1n) is 4.44. The summed E-state index contributed by atoms with van der Waals surface area (Å²) in [5.41, 5.74) is 1.72. The summed E-state index contributed by atoms with van der Waals surface area (Å²) in [7, 11) is 0. The van der Waals surface area contributed by atoms with E-state index in [9.17, 15) is 4.79 Å². The zero-order valence-corrected chi connectivity index (χ0v) is 8.58. The van der Waals surface area contributed by atoms with Crippen molar-refractivity contribution in [3.05, 3.63) is 35.7 Å². The molecule has 0 aromatic carbocycles. The lowest BCUT2D eigenvalue weighted by Crippen LogP contribution is -2.50. The summed E-state index contributed by atoms with van der Waals surface area (Å²) in [5, 5.41) is 3.17. The zero-order chi connectivity index (χ0) is 10.1. The summed E-state index contributed by atoms with van der Waals surface area (Å²) in [4.78, 5) is 13.4. The zero-order valence-electron chi connectivity index (χ0n) is 7.83. The third-order valence-electron chi connectivity index (χ3n) is 2.30. The van der Waals surface area contributed by atoms with Gasteiger partial charge in [0.05, 0.1) is 5.88 Å². The van der Waals surface area contributed by atoms with Crippen molar-refractivity contribution in [3.8, 4) is 0 Å². The second-order valence-electron chi connectivity index (χ2n) is 3.29. The van der Waals surface area contributed by atoms with Crippen molar-refractivity contribution in [1.29, 1.82) is 0 Å². The second kappa shape index (κ2) is 3.50. The van der Waals surface area contributed by atoms with Crippen LogP contribution < -0.4 is 5.32 Å². The van der Waals surface area contributed by atoms with Gasteiger partial charge in [-0.05, 0) is 19.1 Å². The van der Waals surface area contributed by atoms with Crippen LogP contribution in [-0.2, 0) is 4.79 Å². The number of nitrogens with one attached hydrogen (secondary N) is 1. The molecule has 0 radical (unpaired) electrons. The molecule has 2 heterocycles. The Bertz CT molecular complexity index is 357. The number of carbonyl (C=O) groups is 1. The van der Waals surface area contributed by atoms with E-state index in [1.54, 1.807) is 11.0 Å². The van der Waals surface area contributed by atoms with Crippen LogP contribution in [0.15, 0.2) is 35.7 Å². The van der Waals surface area contributed by atoms with Crippen molar-refractivity contribution >= 4 is 17.5 Å². The van der Waals surface area contributed by atoms with Gasteiger partial charge in [0.15, 0.2) is 0 Å². The van der Waals surface area contributed by atoms with Crippen molar-refractivity contribution < 1.29 is 4.79 Å². The SMILES string of the molecule is CC1=CC=CC2NC(CCl)=CC(=O)N12. The van der Waals surface area contributed by atoms with Crippen LogP contribution in [0.2, 0.25) is 0 Å². The predicted molar refractivity (Wildman–Crippen MR) is 55.5 cm³/mol. The van der Waals surface area contributed by atoms with Gasteiger partial charge >= 0.3 is 0 Å². The van der Waals surface area contributed by atoms with Crippen LogP contribution in [0.1, 0.15) is 6.92 Å². The molecule has 1 atom stereocenters. The van der Waals surface area contributed by atoms with E-state index in [2.05, 4.69) is 5.32 Å². The maximum absolute atomic E-state index is 11.7. The van der Waals surface area contributed by atoms with Crippen LogP contribution in [0, 0.1) is 0 Å². The number of alkyl halides is 1. The highest BCUT2D eigenvalue weighted by Gasteiger charge is 2.27. The van der Waals surface area contributed by atoms with Gasteiger partial charge in [0.1, 0.15) is 6.17 Å². The lowest BCUT2D eigenvalue weighted by atomic mass is 10.1. The Balaban J connectivity index is 2.32. The minimum absolute atomic E-state index is 0.0116. The minimum Gasteiger partial charge on any atom is -0.364 e.